The van der Waals surface area contributed by atoms with Gasteiger partial charge in [-0.25, -0.2) is 0 Å². The molecule has 0 saturated heterocycles. The number of nitrogens with zero attached hydrogens (tertiary/aromatic N) is 2. The van der Waals surface area contributed by atoms with E-state index in [0.717, 1.165) is 24.3 Å². The summed E-state index contributed by atoms with van der Waals surface area (Å²) in [5, 5.41) is 11.4. The number of hydrogen-bond acceptors (Lipinski definition) is 2. The molecule has 1 aromatic carbocycles. The number of unbranched alkanes of at least 4 members (excludes halogenated alkanes) is 1. The van der Waals surface area contributed by atoms with Crippen LogP contribution >= 0.6 is 12.2 Å². The number of aryl methyl sites for hydroxylation is 2. The van der Waals surface area contributed by atoms with Crippen LogP contribution in [0.1, 0.15) is 37.9 Å². The zero-order valence-electron chi connectivity index (χ0n) is 13.3. The van der Waals surface area contributed by atoms with Crippen LogP contribution in [0.2, 0.25) is 0 Å². The molecule has 0 spiro atoms. The van der Waals surface area contributed by atoms with Crippen molar-refractivity contribution >= 4 is 23.0 Å². The van der Waals surface area contributed by atoms with Gasteiger partial charge < -0.3 is 10.6 Å². The van der Waals surface area contributed by atoms with E-state index in [0.29, 0.717) is 11.7 Å². The predicted molar refractivity (Wildman–Crippen MR) is 96.0 cm³/mol. The molecular formula is C17H24N4S. The summed E-state index contributed by atoms with van der Waals surface area (Å²) >= 11 is 5.32. The summed E-state index contributed by atoms with van der Waals surface area (Å²) in [5.74, 6) is 0. The third kappa shape index (κ3) is 5.15. The Morgan fingerprint density at radius 2 is 1.95 bits per heavy atom. The Kier molecular flexibility index (Phi) is 6.40. The summed E-state index contributed by atoms with van der Waals surface area (Å²) in [7, 11) is 0. The van der Waals surface area contributed by atoms with E-state index in [2.05, 4.69) is 53.8 Å². The zero-order valence-corrected chi connectivity index (χ0v) is 14.1. The maximum absolute atomic E-state index is 5.32. The van der Waals surface area contributed by atoms with Crippen LogP contribution in [0.25, 0.3) is 0 Å². The van der Waals surface area contributed by atoms with Gasteiger partial charge in [0.25, 0.3) is 0 Å². The molecule has 22 heavy (non-hydrogen) atoms. The van der Waals surface area contributed by atoms with Crippen LogP contribution in [-0.2, 0) is 19.5 Å². The summed E-state index contributed by atoms with van der Waals surface area (Å²) in [5.41, 5.74) is 3.37. The third-order valence-electron chi connectivity index (χ3n) is 3.48. The molecule has 0 amide bonds. The highest BCUT2D eigenvalue weighted by molar-refractivity contribution is 7.80. The molecule has 2 aromatic rings. The zero-order chi connectivity index (χ0) is 15.8. The van der Waals surface area contributed by atoms with Crippen molar-refractivity contribution in [1.29, 1.82) is 0 Å². The van der Waals surface area contributed by atoms with Gasteiger partial charge in [0.15, 0.2) is 5.11 Å². The van der Waals surface area contributed by atoms with Crippen LogP contribution in [-0.4, -0.2) is 14.9 Å². The van der Waals surface area contributed by atoms with Crippen molar-refractivity contribution in [3.63, 3.8) is 0 Å². The van der Waals surface area contributed by atoms with Crippen LogP contribution < -0.4 is 10.6 Å². The lowest BCUT2D eigenvalue weighted by atomic mass is 10.1. The Labute approximate surface area is 137 Å². The van der Waals surface area contributed by atoms with Crippen LogP contribution in [0.4, 0.5) is 5.69 Å². The lowest BCUT2D eigenvalue weighted by Crippen LogP contribution is -2.28. The summed E-state index contributed by atoms with van der Waals surface area (Å²) in [6, 6.07) is 10.5. The summed E-state index contributed by atoms with van der Waals surface area (Å²) in [6.45, 7) is 5.80. The fourth-order valence-electron chi connectivity index (χ4n) is 2.16. The molecule has 1 aromatic heterocycles. The molecular weight excluding hydrogens is 292 g/mol. The number of benzene rings is 1. The van der Waals surface area contributed by atoms with Crippen molar-refractivity contribution in [3.8, 4) is 0 Å². The Hall–Kier alpha value is -1.88. The van der Waals surface area contributed by atoms with E-state index in [4.69, 9.17) is 12.2 Å². The molecule has 0 aliphatic rings. The van der Waals surface area contributed by atoms with Gasteiger partial charge in [0.1, 0.15) is 0 Å². The second-order valence-electron chi connectivity index (χ2n) is 5.27. The molecule has 0 bridgehead atoms. The highest BCUT2D eigenvalue weighted by Crippen LogP contribution is 2.11. The maximum atomic E-state index is 5.32. The number of nitrogens with one attached hydrogen (secondary N) is 2. The van der Waals surface area contributed by atoms with Crippen molar-refractivity contribution in [3.05, 3.63) is 47.8 Å². The first-order chi connectivity index (χ1) is 10.7. The molecule has 2 rings (SSSR count). The molecule has 0 atom stereocenters. The Morgan fingerprint density at radius 3 is 2.59 bits per heavy atom. The van der Waals surface area contributed by atoms with Gasteiger partial charge >= 0.3 is 0 Å². The number of aromatic nitrogens is 2. The first-order valence-electron chi connectivity index (χ1n) is 7.87. The normalized spacial score (nSPS) is 10.5. The molecule has 118 valence electrons. The molecule has 0 unspecified atom stereocenters. The summed E-state index contributed by atoms with van der Waals surface area (Å²) < 4.78 is 1.91. The third-order valence-corrected chi connectivity index (χ3v) is 3.73. The Balaban J connectivity index is 1.78. The molecule has 0 radical (unpaired) electrons. The average molecular weight is 316 g/mol. The van der Waals surface area contributed by atoms with Crippen LogP contribution in [0.3, 0.4) is 0 Å². The highest BCUT2D eigenvalue weighted by Gasteiger charge is 2.01. The van der Waals surface area contributed by atoms with Crippen LogP contribution in [0, 0.1) is 0 Å². The van der Waals surface area contributed by atoms with Crippen molar-refractivity contribution in [1.82, 2.24) is 15.1 Å². The average Bonchev–Trinajstić information content (AvgIpc) is 3.00. The first-order valence-corrected chi connectivity index (χ1v) is 8.28. The van der Waals surface area contributed by atoms with Gasteiger partial charge in [-0.2, -0.15) is 5.10 Å². The Morgan fingerprint density at radius 1 is 1.18 bits per heavy atom. The lowest BCUT2D eigenvalue weighted by molar-refractivity contribution is 0.643. The maximum Gasteiger partial charge on any atom is 0.171 e. The number of hydrogen-bond donors (Lipinski definition) is 2. The fraction of sp³-hybridized carbons (Fsp3) is 0.412. The van der Waals surface area contributed by atoms with Gasteiger partial charge in [-0.1, -0.05) is 25.5 Å². The SMILES string of the molecule is CCCCc1ccc(NC(=S)NCc2ccn(CC)n2)cc1. The topological polar surface area (TPSA) is 41.9 Å². The van der Waals surface area contributed by atoms with Crippen LogP contribution in [0.5, 0.6) is 0 Å². The molecule has 0 aliphatic heterocycles. The molecule has 2 N–H and O–H groups in total. The number of rotatable bonds is 7. The van der Waals surface area contributed by atoms with Crippen molar-refractivity contribution in [2.45, 2.75) is 46.2 Å². The summed E-state index contributed by atoms with van der Waals surface area (Å²) in [4.78, 5) is 0. The van der Waals surface area contributed by atoms with Crippen molar-refractivity contribution in [2.24, 2.45) is 0 Å². The van der Waals surface area contributed by atoms with E-state index in [-0.39, 0.29) is 0 Å². The molecule has 0 fully saturated rings. The quantitative estimate of drug-likeness (QED) is 0.764. The minimum Gasteiger partial charge on any atom is -0.357 e. The second kappa shape index (κ2) is 8.54. The van der Waals surface area contributed by atoms with Gasteiger partial charge in [0, 0.05) is 18.4 Å². The van der Waals surface area contributed by atoms with Crippen molar-refractivity contribution < 1.29 is 0 Å². The number of thiocarbonyl (C=S) groups is 1. The lowest BCUT2D eigenvalue weighted by Gasteiger charge is -2.10. The second-order valence-corrected chi connectivity index (χ2v) is 5.68. The van der Waals surface area contributed by atoms with Gasteiger partial charge in [0.05, 0.1) is 12.2 Å². The first kappa shape index (κ1) is 16.5. The smallest absolute Gasteiger partial charge is 0.171 e. The van der Waals surface area contributed by atoms with E-state index in [1.165, 1.54) is 18.4 Å². The molecule has 5 heteroatoms. The molecule has 0 saturated carbocycles. The van der Waals surface area contributed by atoms with E-state index in [9.17, 15) is 0 Å². The van der Waals surface area contributed by atoms with Gasteiger partial charge in [-0.15, -0.1) is 0 Å². The molecule has 1 heterocycles. The van der Waals surface area contributed by atoms with Gasteiger partial charge in [-0.05, 0) is 55.7 Å². The largest absolute Gasteiger partial charge is 0.357 e. The standard InChI is InChI=1S/C17H24N4S/c1-3-5-6-14-7-9-15(10-8-14)19-17(22)18-13-16-11-12-21(4-2)20-16/h7-12H,3-6,13H2,1-2H3,(H2,18,19,22). The van der Waals surface area contributed by atoms with Crippen molar-refractivity contribution in [2.75, 3.05) is 5.32 Å². The number of anilines is 1. The van der Waals surface area contributed by atoms with Gasteiger partial charge in [-0.3, -0.25) is 4.68 Å². The minimum absolute atomic E-state index is 0.618. The minimum atomic E-state index is 0.618. The van der Waals surface area contributed by atoms with E-state index >= 15 is 0 Å². The van der Waals surface area contributed by atoms with Crippen LogP contribution in [0.15, 0.2) is 36.5 Å². The highest BCUT2D eigenvalue weighted by atomic mass is 32.1. The predicted octanol–water partition coefficient (Wildman–Crippen LogP) is 3.73. The van der Waals surface area contributed by atoms with E-state index in [1.54, 1.807) is 0 Å². The Bertz CT molecular complexity index is 589. The fourth-order valence-corrected chi connectivity index (χ4v) is 2.35. The summed E-state index contributed by atoms with van der Waals surface area (Å²) in [6.07, 6.45) is 5.57. The monoisotopic (exact) mass is 316 g/mol. The molecule has 0 aliphatic carbocycles. The van der Waals surface area contributed by atoms with Gasteiger partial charge in [0.2, 0.25) is 0 Å². The molecule has 4 nitrogen and oxygen atoms in total. The van der Waals surface area contributed by atoms with E-state index < -0.39 is 0 Å². The van der Waals surface area contributed by atoms with E-state index in [1.807, 2.05) is 16.9 Å².